The monoisotopic (exact) mass is 194 g/mol. The summed E-state index contributed by atoms with van der Waals surface area (Å²) in [5.41, 5.74) is 1.66. The van der Waals surface area contributed by atoms with Crippen molar-refractivity contribution in [2.75, 3.05) is 6.23 Å². The topological polar surface area (TPSA) is 48.7 Å². The molecule has 0 saturated heterocycles. The molecule has 0 unspecified atom stereocenters. The SMILES string of the molecule is O=C1Oc2c(OC[SiH3])c3cc1c2o3. The van der Waals surface area contributed by atoms with Crippen LogP contribution >= 0.6 is 0 Å². The standard InChI is InChI=1S/C8H6O4Si/c9-8-3-1-4-6(10-2-13)7(12-8)5(3)11-4/h1H,2H2,13H3. The summed E-state index contributed by atoms with van der Waals surface area (Å²) >= 11 is 0. The molecule has 2 aromatic heterocycles. The van der Waals surface area contributed by atoms with Crippen LogP contribution in [0.3, 0.4) is 0 Å². The van der Waals surface area contributed by atoms with Crippen LogP contribution in [-0.4, -0.2) is 22.4 Å². The van der Waals surface area contributed by atoms with Gasteiger partial charge in [-0.15, -0.1) is 0 Å². The molecule has 0 atom stereocenters. The first kappa shape index (κ1) is 6.96. The lowest BCUT2D eigenvalue weighted by Gasteiger charge is -1.99. The molecule has 1 aliphatic rings. The first-order chi connectivity index (χ1) is 6.31. The van der Waals surface area contributed by atoms with E-state index in [-0.39, 0.29) is 5.97 Å². The lowest BCUT2D eigenvalue weighted by atomic mass is 10.2. The number of ether oxygens (including phenoxy) is 2. The van der Waals surface area contributed by atoms with Crippen LogP contribution in [0.2, 0.25) is 0 Å². The van der Waals surface area contributed by atoms with E-state index in [0.29, 0.717) is 34.5 Å². The molecule has 0 aliphatic carbocycles. The van der Waals surface area contributed by atoms with Gasteiger partial charge in [0, 0.05) is 6.07 Å². The minimum atomic E-state index is -0.341. The number of carbonyl (C=O) groups is 1. The summed E-state index contributed by atoms with van der Waals surface area (Å²) in [5.74, 6) is 0.708. The van der Waals surface area contributed by atoms with E-state index in [9.17, 15) is 4.79 Å². The molecule has 3 heterocycles. The molecule has 1 aliphatic heterocycles. The molecule has 0 aromatic carbocycles. The van der Waals surface area contributed by atoms with Crippen molar-refractivity contribution < 1.29 is 18.7 Å². The van der Waals surface area contributed by atoms with E-state index >= 15 is 0 Å². The molecule has 2 bridgehead atoms. The van der Waals surface area contributed by atoms with Gasteiger partial charge in [-0.2, -0.15) is 0 Å². The van der Waals surface area contributed by atoms with E-state index in [0.717, 1.165) is 10.2 Å². The smallest absolute Gasteiger partial charge is 0.347 e. The zero-order chi connectivity index (χ0) is 9.00. The molecule has 0 saturated carbocycles. The van der Waals surface area contributed by atoms with Crippen LogP contribution in [0.25, 0.3) is 11.2 Å². The number of hydrogen-bond acceptors (Lipinski definition) is 4. The Hall–Kier alpha value is -1.49. The summed E-state index contributed by atoms with van der Waals surface area (Å²) in [5, 5.41) is 0. The van der Waals surface area contributed by atoms with Crippen LogP contribution in [0.5, 0.6) is 11.5 Å². The summed E-state index contributed by atoms with van der Waals surface area (Å²) < 4.78 is 15.6. The molecule has 0 radical (unpaired) electrons. The fraction of sp³-hybridized carbons (Fsp3) is 0.125. The van der Waals surface area contributed by atoms with Gasteiger partial charge >= 0.3 is 5.97 Å². The first-order valence-electron chi connectivity index (χ1n) is 4.05. The fourth-order valence-corrected chi connectivity index (χ4v) is 1.85. The van der Waals surface area contributed by atoms with Gasteiger partial charge in [0.15, 0.2) is 11.2 Å². The highest BCUT2D eigenvalue weighted by atomic mass is 28.1. The van der Waals surface area contributed by atoms with Gasteiger partial charge in [0.25, 0.3) is 0 Å². The van der Waals surface area contributed by atoms with Crippen LogP contribution in [-0.2, 0) is 0 Å². The zero-order valence-corrected chi connectivity index (χ0v) is 8.92. The summed E-state index contributed by atoms with van der Waals surface area (Å²) in [4.78, 5) is 11.2. The Bertz CT molecular complexity index is 487. The minimum absolute atomic E-state index is 0.341. The highest BCUT2D eigenvalue weighted by Gasteiger charge is 2.35. The number of hydrogen-bond donors (Lipinski definition) is 0. The van der Waals surface area contributed by atoms with E-state index in [1.165, 1.54) is 0 Å². The molecule has 0 amide bonds. The third-order valence-corrected chi connectivity index (χ3v) is 2.36. The van der Waals surface area contributed by atoms with Crippen molar-refractivity contribution in [3.63, 3.8) is 0 Å². The average molecular weight is 194 g/mol. The third kappa shape index (κ3) is 0.677. The molecule has 0 spiro atoms. The maximum Gasteiger partial charge on any atom is 0.347 e. The minimum Gasteiger partial charge on any atom is -0.491 e. The Labute approximate surface area is 76.2 Å². The molecule has 0 N–H and O–H groups in total. The largest absolute Gasteiger partial charge is 0.491 e. The summed E-state index contributed by atoms with van der Waals surface area (Å²) in [7, 11) is 0.939. The lowest BCUT2D eigenvalue weighted by molar-refractivity contribution is 0.0751. The number of fused-ring (bicyclic) bond motifs is 1. The first-order valence-corrected chi connectivity index (χ1v) is 5.46. The fourth-order valence-electron chi connectivity index (χ4n) is 1.56. The molecule has 66 valence electrons. The number of rotatable bonds is 2. The third-order valence-electron chi connectivity index (χ3n) is 2.07. The second-order valence-corrected chi connectivity index (χ2v) is 3.41. The van der Waals surface area contributed by atoms with Crippen LogP contribution in [0.1, 0.15) is 10.4 Å². The number of furan rings is 2. The highest BCUT2D eigenvalue weighted by molar-refractivity contribution is 6.11. The van der Waals surface area contributed by atoms with Crippen LogP contribution in [0, 0.1) is 0 Å². The van der Waals surface area contributed by atoms with Crippen molar-refractivity contribution in [3.05, 3.63) is 11.6 Å². The molecule has 5 heteroatoms. The Morgan fingerprint density at radius 2 is 2.38 bits per heavy atom. The quantitative estimate of drug-likeness (QED) is 0.502. The molecular formula is C8H6O4Si. The Balaban J connectivity index is 2.27. The van der Waals surface area contributed by atoms with E-state index in [4.69, 9.17) is 13.9 Å². The van der Waals surface area contributed by atoms with Crippen molar-refractivity contribution in [1.29, 1.82) is 0 Å². The van der Waals surface area contributed by atoms with Gasteiger partial charge in [-0.3, -0.25) is 0 Å². The van der Waals surface area contributed by atoms with Gasteiger partial charge in [0.2, 0.25) is 11.5 Å². The second kappa shape index (κ2) is 2.05. The van der Waals surface area contributed by atoms with E-state index in [2.05, 4.69) is 0 Å². The molecule has 4 nitrogen and oxygen atoms in total. The Morgan fingerprint density at radius 3 is 3.15 bits per heavy atom. The van der Waals surface area contributed by atoms with Gasteiger partial charge in [0.05, 0.1) is 16.5 Å². The Morgan fingerprint density at radius 1 is 1.54 bits per heavy atom. The van der Waals surface area contributed by atoms with Gasteiger partial charge in [-0.1, -0.05) is 0 Å². The summed E-state index contributed by atoms with van der Waals surface area (Å²) in [6.45, 7) is 0. The summed E-state index contributed by atoms with van der Waals surface area (Å²) in [6, 6.07) is 1.67. The van der Waals surface area contributed by atoms with Gasteiger partial charge in [-0.05, 0) is 0 Å². The van der Waals surface area contributed by atoms with Gasteiger partial charge in [0.1, 0.15) is 5.56 Å². The number of carbonyl (C=O) groups excluding carboxylic acids is 1. The van der Waals surface area contributed by atoms with Crippen molar-refractivity contribution >= 4 is 27.4 Å². The average Bonchev–Trinajstić information content (AvgIpc) is 2.69. The van der Waals surface area contributed by atoms with Crippen LogP contribution in [0.4, 0.5) is 0 Å². The predicted molar refractivity (Wildman–Crippen MR) is 47.8 cm³/mol. The molecule has 13 heavy (non-hydrogen) atoms. The van der Waals surface area contributed by atoms with Crippen molar-refractivity contribution in [2.45, 2.75) is 0 Å². The molecule has 2 aromatic rings. The van der Waals surface area contributed by atoms with Crippen LogP contribution < -0.4 is 9.47 Å². The van der Waals surface area contributed by atoms with Gasteiger partial charge in [-0.25, -0.2) is 4.79 Å². The normalized spacial score (nSPS) is 14.3. The maximum absolute atomic E-state index is 11.2. The van der Waals surface area contributed by atoms with E-state index in [1.807, 2.05) is 0 Å². The van der Waals surface area contributed by atoms with Crippen molar-refractivity contribution in [2.24, 2.45) is 0 Å². The maximum atomic E-state index is 11.2. The number of esters is 1. The van der Waals surface area contributed by atoms with Crippen LogP contribution in [0.15, 0.2) is 10.5 Å². The second-order valence-electron chi connectivity index (χ2n) is 2.83. The zero-order valence-electron chi connectivity index (χ0n) is 6.92. The molecular weight excluding hydrogens is 188 g/mol. The molecule has 0 fully saturated rings. The van der Waals surface area contributed by atoms with E-state index in [1.54, 1.807) is 6.07 Å². The lowest BCUT2D eigenvalue weighted by Crippen LogP contribution is -2.00. The highest BCUT2D eigenvalue weighted by Crippen LogP contribution is 2.48. The predicted octanol–water partition coefficient (Wildman–Crippen LogP) is 0.105. The van der Waals surface area contributed by atoms with E-state index < -0.39 is 0 Å². The van der Waals surface area contributed by atoms with Crippen molar-refractivity contribution in [3.8, 4) is 11.5 Å². The Kier molecular flexibility index (Phi) is 1.10. The van der Waals surface area contributed by atoms with Crippen molar-refractivity contribution in [1.82, 2.24) is 0 Å². The summed E-state index contributed by atoms with van der Waals surface area (Å²) in [6.07, 6.45) is 0.666. The molecule has 3 rings (SSSR count). The number of benzene rings is 1. The van der Waals surface area contributed by atoms with Gasteiger partial charge < -0.3 is 13.9 Å².